The minimum atomic E-state index is -4.75. The van der Waals surface area contributed by atoms with Crippen LogP contribution in [-0.4, -0.2) is 37.8 Å². The van der Waals surface area contributed by atoms with E-state index in [1.807, 2.05) is 61.5 Å². The molecule has 1 saturated heterocycles. The smallest absolute Gasteiger partial charge is 0.416 e. The van der Waals surface area contributed by atoms with Crippen LogP contribution in [0.15, 0.2) is 77.3 Å². The van der Waals surface area contributed by atoms with Gasteiger partial charge in [-0.1, -0.05) is 65.3 Å². The molecule has 0 aromatic heterocycles. The van der Waals surface area contributed by atoms with Gasteiger partial charge in [0.1, 0.15) is 12.4 Å². The van der Waals surface area contributed by atoms with E-state index in [2.05, 4.69) is 21.2 Å². The number of nitrogens with one attached hydrogen (secondary N) is 1. The van der Waals surface area contributed by atoms with Gasteiger partial charge in [-0.05, 0) is 54.3 Å². The van der Waals surface area contributed by atoms with E-state index in [1.54, 1.807) is 0 Å². The van der Waals surface area contributed by atoms with Gasteiger partial charge in [-0.25, -0.2) is 4.39 Å². The number of anilines is 1. The Morgan fingerprint density at radius 3 is 2.34 bits per heavy atom. The fraction of sp³-hybridized carbons (Fsp3) is 0.394. The van der Waals surface area contributed by atoms with Crippen LogP contribution < -0.4 is 5.32 Å². The number of ether oxygens (including phenoxy) is 3. The van der Waals surface area contributed by atoms with Crippen LogP contribution in [0.25, 0.3) is 0 Å². The van der Waals surface area contributed by atoms with E-state index in [1.165, 1.54) is 0 Å². The summed E-state index contributed by atoms with van der Waals surface area (Å²) in [4.78, 5) is 27.7. The molecule has 1 aliphatic heterocycles. The minimum Gasteiger partial charge on any atom is -0.461 e. The molecule has 2 fully saturated rings. The van der Waals surface area contributed by atoms with E-state index < -0.39 is 59.0 Å². The molecule has 1 N–H and O–H groups in total. The molecule has 3 aromatic carbocycles. The topological polar surface area (TPSA) is 73.9 Å². The first kappa shape index (κ1) is 32.1. The molecule has 1 amide bonds. The van der Waals surface area contributed by atoms with Gasteiger partial charge in [-0.2, -0.15) is 13.2 Å². The number of esters is 1. The molecule has 1 heterocycles. The highest BCUT2D eigenvalue weighted by Crippen LogP contribution is 2.45. The van der Waals surface area contributed by atoms with Crippen LogP contribution in [0, 0.1) is 23.1 Å². The number of halogens is 5. The lowest BCUT2D eigenvalue weighted by Crippen LogP contribution is -2.48. The van der Waals surface area contributed by atoms with Gasteiger partial charge in [0.15, 0.2) is 0 Å². The van der Waals surface area contributed by atoms with Crippen molar-refractivity contribution >= 4 is 33.5 Å². The van der Waals surface area contributed by atoms with Gasteiger partial charge >= 0.3 is 12.1 Å². The molecule has 1 aliphatic carbocycles. The largest absolute Gasteiger partial charge is 0.461 e. The summed E-state index contributed by atoms with van der Waals surface area (Å²) in [7, 11) is 0. The van der Waals surface area contributed by atoms with Crippen molar-refractivity contribution in [1.29, 1.82) is 0 Å². The normalized spacial score (nSPS) is 23.0. The van der Waals surface area contributed by atoms with E-state index in [4.69, 9.17) is 14.2 Å². The van der Waals surface area contributed by atoms with Crippen LogP contribution in [0.1, 0.15) is 42.4 Å². The lowest BCUT2D eigenvalue weighted by atomic mass is 9.67. The Morgan fingerprint density at radius 2 is 1.73 bits per heavy atom. The number of hydrogen-bond acceptors (Lipinski definition) is 5. The van der Waals surface area contributed by atoms with Crippen LogP contribution in [0.3, 0.4) is 0 Å². The summed E-state index contributed by atoms with van der Waals surface area (Å²) < 4.78 is 72.4. The quantitative estimate of drug-likeness (QED) is 0.187. The lowest BCUT2D eigenvalue weighted by molar-refractivity contribution is -0.167. The van der Waals surface area contributed by atoms with Crippen molar-refractivity contribution < 1.29 is 41.4 Å². The lowest BCUT2D eigenvalue weighted by Gasteiger charge is -2.43. The van der Waals surface area contributed by atoms with Gasteiger partial charge in [0.2, 0.25) is 5.91 Å². The number of carbonyl (C=O) groups excluding carboxylic acids is 2. The van der Waals surface area contributed by atoms with Crippen molar-refractivity contribution in [1.82, 2.24) is 0 Å². The molecule has 3 aromatic rings. The maximum Gasteiger partial charge on any atom is 0.416 e. The summed E-state index contributed by atoms with van der Waals surface area (Å²) >= 11 is 3.44. The maximum atomic E-state index is 14.8. The van der Waals surface area contributed by atoms with Crippen LogP contribution in [-0.2, 0) is 36.6 Å². The summed E-state index contributed by atoms with van der Waals surface area (Å²) in [6.45, 7) is 3.49. The van der Waals surface area contributed by atoms with Crippen LogP contribution in [0.4, 0.5) is 23.2 Å². The summed E-state index contributed by atoms with van der Waals surface area (Å²) in [5.41, 5.74) is -0.201. The molecular formula is C33H32BrF4NO5. The molecule has 5 rings (SSSR count). The molecule has 0 unspecified atom stereocenters. The zero-order chi connectivity index (χ0) is 31.5. The average Bonchev–Trinajstić information content (AvgIpc) is 2.98. The SMILES string of the molecule is CC1(CO[C@@H]2C[C@H](c3ccc(Br)cc3)[C@@H](C(=O)OCc3ccccc3)[C@H](C(=O)Nc3ccc(C(F)(F)F)cc3F)C2)COC1. The summed E-state index contributed by atoms with van der Waals surface area (Å²) in [5, 5.41) is 2.44. The molecule has 4 atom stereocenters. The Kier molecular flexibility index (Phi) is 9.77. The molecule has 0 bridgehead atoms. The Balaban J connectivity index is 1.46. The zero-order valence-electron chi connectivity index (χ0n) is 23.9. The summed E-state index contributed by atoms with van der Waals surface area (Å²) in [5.74, 6) is -5.05. The molecule has 0 spiro atoms. The van der Waals surface area contributed by atoms with E-state index >= 15 is 0 Å². The first-order valence-corrected chi connectivity index (χ1v) is 15.0. The second kappa shape index (κ2) is 13.4. The number of alkyl halides is 3. The number of rotatable bonds is 9. The van der Waals surface area contributed by atoms with Crippen molar-refractivity contribution in [3.8, 4) is 0 Å². The Hall–Kier alpha value is -3.28. The molecule has 234 valence electrons. The van der Waals surface area contributed by atoms with Gasteiger partial charge in [-0.15, -0.1) is 0 Å². The molecule has 11 heteroatoms. The predicted molar refractivity (Wildman–Crippen MR) is 158 cm³/mol. The standard InChI is InChI=1S/C33H32BrF4NO5/c1-32(17-42-18-32)19-44-24-14-25(21-7-10-23(34)11-8-21)29(31(41)43-16-20-5-3-2-4-6-20)26(15-24)30(40)39-28-12-9-22(13-27(28)35)33(36,37)38/h2-13,24-26,29H,14-19H2,1H3,(H,39,40)/t24-,25-,26-,29-/m1/s1. The highest BCUT2D eigenvalue weighted by atomic mass is 79.9. The van der Waals surface area contributed by atoms with Gasteiger partial charge < -0.3 is 19.5 Å². The molecule has 44 heavy (non-hydrogen) atoms. The first-order chi connectivity index (χ1) is 20.9. The third kappa shape index (κ3) is 7.68. The van der Waals surface area contributed by atoms with Gasteiger partial charge in [0, 0.05) is 15.8 Å². The highest BCUT2D eigenvalue weighted by molar-refractivity contribution is 9.10. The van der Waals surface area contributed by atoms with E-state index in [0.717, 1.165) is 21.7 Å². The molecular weight excluding hydrogens is 646 g/mol. The molecule has 0 radical (unpaired) electrons. The monoisotopic (exact) mass is 677 g/mol. The second-order valence-corrected chi connectivity index (χ2v) is 12.7. The molecule has 2 aliphatic rings. The fourth-order valence-electron chi connectivity index (χ4n) is 5.72. The predicted octanol–water partition coefficient (Wildman–Crippen LogP) is 7.52. The molecule has 6 nitrogen and oxygen atoms in total. The minimum absolute atomic E-state index is 0.0105. The number of carbonyl (C=O) groups is 2. The number of amides is 1. The fourth-order valence-corrected chi connectivity index (χ4v) is 5.98. The Labute approximate surface area is 261 Å². The van der Waals surface area contributed by atoms with E-state index in [9.17, 15) is 27.2 Å². The average molecular weight is 679 g/mol. The summed E-state index contributed by atoms with van der Waals surface area (Å²) in [6.07, 6.45) is -4.64. The van der Waals surface area contributed by atoms with Crippen molar-refractivity contribution in [2.75, 3.05) is 25.1 Å². The van der Waals surface area contributed by atoms with E-state index in [-0.39, 0.29) is 18.4 Å². The Bertz CT molecular complexity index is 1460. The van der Waals surface area contributed by atoms with Crippen LogP contribution in [0.2, 0.25) is 0 Å². The van der Waals surface area contributed by atoms with Gasteiger partial charge in [-0.3, -0.25) is 9.59 Å². The zero-order valence-corrected chi connectivity index (χ0v) is 25.5. The van der Waals surface area contributed by atoms with Crippen molar-refractivity contribution in [3.63, 3.8) is 0 Å². The van der Waals surface area contributed by atoms with Gasteiger partial charge in [0.05, 0.1) is 49.0 Å². The Morgan fingerprint density at radius 1 is 1.02 bits per heavy atom. The second-order valence-electron chi connectivity index (χ2n) is 11.8. The summed E-state index contributed by atoms with van der Waals surface area (Å²) in [6, 6.07) is 18.4. The number of benzene rings is 3. The van der Waals surface area contributed by atoms with Crippen molar-refractivity contribution in [2.45, 2.75) is 44.6 Å². The van der Waals surface area contributed by atoms with Gasteiger partial charge in [0.25, 0.3) is 0 Å². The third-order valence-electron chi connectivity index (χ3n) is 8.15. The highest BCUT2D eigenvalue weighted by Gasteiger charge is 2.48. The van der Waals surface area contributed by atoms with Crippen molar-refractivity contribution in [3.05, 3.63) is 99.8 Å². The van der Waals surface area contributed by atoms with E-state index in [0.29, 0.717) is 38.4 Å². The van der Waals surface area contributed by atoms with Crippen LogP contribution >= 0.6 is 15.9 Å². The third-order valence-corrected chi connectivity index (χ3v) is 8.68. The first-order valence-electron chi connectivity index (χ1n) is 14.2. The number of hydrogen-bond donors (Lipinski definition) is 1. The maximum absolute atomic E-state index is 14.8. The van der Waals surface area contributed by atoms with Crippen molar-refractivity contribution in [2.24, 2.45) is 17.3 Å². The van der Waals surface area contributed by atoms with Crippen LogP contribution in [0.5, 0.6) is 0 Å². The molecule has 1 saturated carbocycles.